The lowest BCUT2D eigenvalue weighted by molar-refractivity contribution is -0.137. The molecule has 0 aliphatic carbocycles. The van der Waals surface area contributed by atoms with Gasteiger partial charge in [-0.15, -0.1) is 0 Å². The first kappa shape index (κ1) is 22.2. The van der Waals surface area contributed by atoms with Gasteiger partial charge in [0.2, 0.25) is 5.91 Å². The average molecular weight is 448 g/mol. The standard InChI is InChI=1S/C22H27F3N6O/c1-14-10-17(4-5-18(14)16-11-26-29(3)12-16)27-21-19-13-30(15(2)32)8-6-20(19)31(28-21)9-7-22(23,24)25/h4-5,10-11,16H,6-9,12-13H2,1-3H3,(H,27,28). The quantitative estimate of drug-likeness (QED) is 0.756. The van der Waals surface area contributed by atoms with E-state index in [1.807, 2.05) is 43.4 Å². The highest BCUT2D eigenvalue weighted by Crippen LogP contribution is 2.32. The minimum absolute atomic E-state index is 0.0620. The molecule has 0 saturated heterocycles. The molecule has 1 amide bonds. The molecular formula is C22H27F3N6O. The van der Waals surface area contributed by atoms with Crippen LogP contribution in [0.25, 0.3) is 0 Å². The lowest BCUT2D eigenvalue weighted by Crippen LogP contribution is -2.34. The molecule has 1 aromatic heterocycles. The molecule has 1 N–H and O–H groups in total. The Morgan fingerprint density at radius 1 is 1.31 bits per heavy atom. The Morgan fingerprint density at radius 3 is 2.72 bits per heavy atom. The van der Waals surface area contributed by atoms with Crippen molar-refractivity contribution >= 4 is 23.6 Å². The number of nitrogens with one attached hydrogen (secondary N) is 1. The van der Waals surface area contributed by atoms with E-state index in [1.54, 1.807) is 4.90 Å². The molecule has 32 heavy (non-hydrogen) atoms. The van der Waals surface area contributed by atoms with Crippen molar-refractivity contribution in [2.24, 2.45) is 5.10 Å². The summed E-state index contributed by atoms with van der Waals surface area (Å²) in [7, 11) is 1.93. The Hall–Kier alpha value is -3.04. The number of hydrogen-bond donors (Lipinski definition) is 1. The maximum absolute atomic E-state index is 12.8. The summed E-state index contributed by atoms with van der Waals surface area (Å²) in [5, 5.41) is 13.9. The normalized spacial score (nSPS) is 18.2. The number of likely N-dealkylation sites (N-methyl/N-ethyl adjacent to an activating group) is 1. The molecule has 0 bridgehead atoms. The van der Waals surface area contributed by atoms with Crippen molar-refractivity contribution < 1.29 is 18.0 Å². The van der Waals surface area contributed by atoms with Gasteiger partial charge in [0, 0.05) is 69.1 Å². The Labute approximate surface area is 184 Å². The number of carbonyl (C=O) groups is 1. The first-order valence-electron chi connectivity index (χ1n) is 10.6. The van der Waals surface area contributed by atoms with Crippen LogP contribution < -0.4 is 5.32 Å². The minimum Gasteiger partial charge on any atom is -0.338 e. The van der Waals surface area contributed by atoms with Gasteiger partial charge in [-0.3, -0.25) is 14.5 Å². The fourth-order valence-corrected chi connectivity index (χ4v) is 4.34. The summed E-state index contributed by atoms with van der Waals surface area (Å²) >= 11 is 0. The number of aryl methyl sites for hydroxylation is 2. The van der Waals surface area contributed by atoms with Gasteiger partial charge < -0.3 is 10.2 Å². The second kappa shape index (κ2) is 8.48. The van der Waals surface area contributed by atoms with Gasteiger partial charge in [-0.1, -0.05) is 6.07 Å². The van der Waals surface area contributed by atoms with Crippen molar-refractivity contribution in [1.29, 1.82) is 0 Å². The number of nitrogens with zero attached hydrogens (tertiary/aromatic N) is 5. The largest absolute Gasteiger partial charge is 0.390 e. The van der Waals surface area contributed by atoms with Gasteiger partial charge in [0.05, 0.1) is 13.0 Å². The van der Waals surface area contributed by atoms with Crippen LogP contribution in [0.1, 0.15) is 41.6 Å². The van der Waals surface area contributed by atoms with Crippen LogP contribution in [-0.2, 0) is 24.3 Å². The Bertz CT molecular complexity index is 1050. The highest BCUT2D eigenvalue weighted by molar-refractivity contribution is 5.74. The summed E-state index contributed by atoms with van der Waals surface area (Å²) in [5.41, 5.74) is 4.62. The molecule has 0 spiro atoms. The summed E-state index contributed by atoms with van der Waals surface area (Å²) in [6.07, 6.45) is -2.78. The predicted octanol–water partition coefficient (Wildman–Crippen LogP) is 3.81. The molecule has 4 rings (SSSR count). The van der Waals surface area contributed by atoms with Crippen LogP contribution in [0.4, 0.5) is 24.7 Å². The molecule has 0 saturated carbocycles. The summed E-state index contributed by atoms with van der Waals surface area (Å²) in [6, 6.07) is 6.00. The fourth-order valence-electron chi connectivity index (χ4n) is 4.34. The highest BCUT2D eigenvalue weighted by Gasteiger charge is 2.30. The van der Waals surface area contributed by atoms with Crippen LogP contribution in [0.15, 0.2) is 23.3 Å². The van der Waals surface area contributed by atoms with Gasteiger partial charge in [0.25, 0.3) is 0 Å². The zero-order chi connectivity index (χ0) is 23.0. The molecule has 2 aliphatic rings. The highest BCUT2D eigenvalue weighted by atomic mass is 19.4. The predicted molar refractivity (Wildman–Crippen MR) is 116 cm³/mol. The third kappa shape index (κ3) is 4.73. The zero-order valence-electron chi connectivity index (χ0n) is 18.4. The van der Waals surface area contributed by atoms with E-state index in [-0.39, 0.29) is 18.4 Å². The fraction of sp³-hybridized carbons (Fsp3) is 0.500. The van der Waals surface area contributed by atoms with Gasteiger partial charge in [-0.2, -0.15) is 23.4 Å². The van der Waals surface area contributed by atoms with E-state index in [2.05, 4.69) is 15.5 Å². The van der Waals surface area contributed by atoms with E-state index in [1.165, 1.54) is 17.2 Å². The van der Waals surface area contributed by atoms with Crippen LogP contribution in [0.2, 0.25) is 0 Å². The zero-order valence-corrected chi connectivity index (χ0v) is 18.4. The number of alkyl halides is 3. The van der Waals surface area contributed by atoms with Crippen molar-refractivity contribution in [3.63, 3.8) is 0 Å². The second-order valence-corrected chi connectivity index (χ2v) is 8.46. The van der Waals surface area contributed by atoms with Crippen molar-refractivity contribution in [1.82, 2.24) is 19.7 Å². The molecule has 7 nitrogen and oxygen atoms in total. The molecule has 0 radical (unpaired) electrons. The van der Waals surface area contributed by atoms with E-state index in [0.717, 1.165) is 29.1 Å². The Morgan fingerprint density at radius 2 is 2.09 bits per heavy atom. The maximum Gasteiger partial charge on any atom is 0.390 e. The van der Waals surface area contributed by atoms with E-state index < -0.39 is 12.6 Å². The maximum atomic E-state index is 12.8. The molecule has 1 unspecified atom stereocenters. The molecule has 3 heterocycles. The van der Waals surface area contributed by atoms with Gasteiger partial charge in [0.1, 0.15) is 0 Å². The van der Waals surface area contributed by atoms with Crippen molar-refractivity contribution in [3.8, 4) is 0 Å². The van der Waals surface area contributed by atoms with Crippen molar-refractivity contribution in [2.45, 2.75) is 51.9 Å². The number of rotatable bonds is 5. The summed E-state index contributed by atoms with van der Waals surface area (Å²) in [5.74, 6) is 0.669. The molecule has 0 fully saturated rings. The topological polar surface area (TPSA) is 65.8 Å². The Kier molecular flexibility index (Phi) is 5.87. The number of anilines is 2. The number of aromatic nitrogens is 2. The number of amides is 1. The van der Waals surface area contributed by atoms with Gasteiger partial charge in [-0.25, -0.2) is 0 Å². The summed E-state index contributed by atoms with van der Waals surface area (Å²) in [4.78, 5) is 13.6. The second-order valence-electron chi connectivity index (χ2n) is 8.46. The van der Waals surface area contributed by atoms with E-state index in [9.17, 15) is 18.0 Å². The number of halogens is 3. The third-order valence-electron chi connectivity index (χ3n) is 6.02. The summed E-state index contributed by atoms with van der Waals surface area (Å²) in [6.45, 7) is 4.93. The molecule has 172 valence electrons. The molecule has 1 atom stereocenters. The van der Waals surface area contributed by atoms with E-state index >= 15 is 0 Å². The Balaban J connectivity index is 1.60. The van der Waals surface area contributed by atoms with Crippen LogP contribution in [0, 0.1) is 6.92 Å². The monoisotopic (exact) mass is 448 g/mol. The third-order valence-corrected chi connectivity index (χ3v) is 6.02. The van der Waals surface area contributed by atoms with Gasteiger partial charge >= 0.3 is 6.18 Å². The smallest absolute Gasteiger partial charge is 0.338 e. The van der Waals surface area contributed by atoms with Crippen molar-refractivity contribution in [3.05, 3.63) is 40.6 Å². The van der Waals surface area contributed by atoms with Crippen LogP contribution in [0.3, 0.4) is 0 Å². The number of hydrazone groups is 1. The first-order valence-corrected chi connectivity index (χ1v) is 10.6. The lowest BCUT2D eigenvalue weighted by Gasteiger charge is -2.27. The number of benzene rings is 1. The lowest BCUT2D eigenvalue weighted by atomic mass is 9.95. The SMILES string of the molecule is CC(=O)N1CCc2c(c(Nc3ccc(C4C=NN(C)C4)c(C)c3)nn2CCC(F)(F)F)C1. The molecule has 10 heteroatoms. The van der Waals surface area contributed by atoms with Crippen LogP contribution in [-0.4, -0.2) is 58.1 Å². The van der Waals surface area contributed by atoms with E-state index in [0.29, 0.717) is 25.3 Å². The number of hydrogen-bond acceptors (Lipinski definition) is 5. The minimum atomic E-state index is -4.25. The molecule has 2 aliphatic heterocycles. The number of carbonyl (C=O) groups excluding carboxylic acids is 1. The number of fused-ring (bicyclic) bond motifs is 1. The van der Waals surface area contributed by atoms with Crippen LogP contribution >= 0.6 is 0 Å². The van der Waals surface area contributed by atoms with E-state index in [4.69, 9.17) is 0 Å². The molecule has 1 aromatic carbocycles. The van der Waals surface area contributed by atoms with Crippen LogP contribution in [0.5, 0.6) is 0 Å². The summed E-state index contributed by atoms with van der Waals surface area (Å²) < 4.78 is 39.9. The first-order chi connectivity index (χ1) is 15.1. The average Bonchev–Trinajstić information content (AvgIpc) is 3.29. The van der Waals surface area contributed by atoms with Gasteiger partial charge in [0.15, 0.2) is 5.82 Å². The van der Waals surface area contributed by atoms with Gasteiger partial charge in [-0.05, 0) is 30.2 Å². The molecular weight excluding hydrogens is 421 g/mol. The molecule has 2 aromatic rings. The van der Waals surface area contributed by atoms with Crippen molar-refractivity contribution in [2.75, 3.05) is 25.5 Å².